The quantitative estimate of drug-likeness (QED) is 0.840. The maximum atomic E-state index is 13.6. The molecule has 3 nitrogen and oxygen atoms in total. The van der Waals surface area contributed by atoms with Crippen molar-refractivity contribution in [2.45, 2.75) is 6.92 Å². The van der Waals surface area contributed by atoms with E-state index in [9.17, 15) is 9.18 Å². The summed E-state index contributed by atoms with van der Waals surface area (Å²) in [6.45, 7) is 1.99. The van der Waals surface area contributed by atoms with Gasteiger partial charge in [0.2, 0.25) is 0 Å². The highest BCUT2D eigenvalue weighted by molar-refractivity contribution is 9.10. The van der Waals surface area contributed by atoms with Crippen molar-refractivity contribution in [3.8, 4) is 11.8 Å². The lowest BCUT2D eigenvalue weighted by atomic mass is 10.2. The Morgan fingerprint density at radius 3 is 2.88 bits per heavy atom. The number of aromatic carboxylic acids is 1. The van der Waals surface area contributed by atoms with E-state index in [2.05, 4.69) is 33.1 Å². The molecule has 0 spiro atoms. The maximum absolute atomic E-state index is 13.6. The van der Waals surface area contributed by atoms with E-state index in [4.69, 9.17) is 5.11 Å². The van der Waals surface area contributed by atoms with Gasteiger partial charge >= 0.3 is 5.97 Å². The van der Waals surface area contributed by atoms with Crippen molar-refractivity contribution in [3.63, 3.8) is 0 Å². The molecule has 0 saturated carbocycles. The first-order valence-corrected chi connectivity index (χ1v) is 5.22. The molecular formula is C11H9BrFNO2. The Labute approximate surface area is 101 Å². The number of anilines is 1. The first kappa shape index (κ1) is 12.5. The number of nitrogens with one attached hydrogen (secondary N) is 1. The SMILES string of the molecule is CC#CCNc1ccc(C(=O)O)c(Br)c1F. The molecule has 5 heteroatoms. The summed E-state index contributed by atoms with van der Waals surface area (Å²) in [5, 5.41) is 11.5. The van der Waals surface area contributed by atoms with Gasteiger partial charge in [0.15, 0.2) is 5.82 Å². The third-order valence-electron chi connectivity index (χ3n) is 1.86. The van der Waals surface area contributed by atoms with Crippen LogP contribution in [0.5, 0.6) is 0 Å². The second kappa shape index (κ2) is 5.52. The highest BCUT2D eigenvalue weighted by atomic mass is 79.9. The Kier molecular flexibility index (Phi) is 4.32. The Balaban J connectivity index is 3.00. The zero-order chi connectivity index (χ0) is 12.1. The van der Waals surface area contributed by atoms with Crippen LogP contribution in [0.4, 0.5) is 10.1 Å². The molecule has 0 fully saturated rings. The summed E-state index contributed by atoms with van der Waals surface area (Å²) < 4.78 is 13.6. The number of rotatable bonds is 3. The van der Waals surface area contributed by atoms with Gasteiger partial charge in [-0.3, -0.25) is 0 Å². The van der Waals surface area contributed by atoms with Crippen LogP contribution >= 0.6 is 15.9 Å². The van der Waals surface area contributed by atoms with Crippen LogP contribution in [0.3, 0.4) is 0 Å². The summed E-state index contributed by atoms with van der Waals surface area (Å²) in [5.41, 5.74) is 0.115. The van der Waals surface area contributed by atoms with Gasteiger partial charge in [0.25, 0.3) is 0 Å². The lowest BCUT2D eigenvalue weighted by molar-refractivity contribution is 0.0695. The Morgan fingerprint density at radius 1 is 1.62 bits per heavy atom. The highest BCUT2D eigenvalue weighted by Gasteiger charge is 2.15. The van der Waals surface area contributed by atoms with Crippen molar-refractivity contribution < 1.29 is 14.3 Å². The van der Waals surface area contributed by atoms with Crippen molar-refractivity contribution in [1.82, 2.24) is 0 Å². The molecule has 0 bridgehead atoms. The molecule has 84 valence electrons. The fourth-order valence-electron chi connectivity index (χ4n) is 1.08. The van der Waals surface area contributed by atoms with Gasteiger partial charge in [0.1, 0.15) is 0 Å². The first-order valence-electron chi connectivity index (χ1n) is 4.42. The van der Waals surface area contributed by atoms with Crippen LogP contribution in [0.15, 0.2) is 16.6 Å². The van der Waals surface area contributed by atoms with E-state index in [0.717, 1.165) is 0 Å². The molecule has 1 rings (SSSR count). The number of carboxylic acid groups (broad SMARTS) is 1. The molecule has 0 aromatic heterocycles. The lowest BCUT2D eigenvalue weighted by Gasteiger charge is -2.07. The average Bonchev–Trinajstić information content (AvgIpc) is 2.24. The molecule has 0 amide bonds. The first-order chi connectivity index (χ1) is 7.57. The van der Waals surface area contributed by atoms with Gasteiger partial charge in [-0.25, -0.2) is 9.18 Å². The normalized spacial score (nSPS) is 9.19. The average molecular weight is 286 g/mol. The van der Waals surface area contributed by atoms with Gasteiger partial charge in [0, 0.05) is 0 Å². The van der Waals surface area contributed by atoms with Crippen LogP contribution in [-0.2, 0) is 0 Å². The second-order valence-corrected chi connectivity index (χ2v) is 3.67. The Morgan fingerprint density at radius 2 is 2.31 bits per heavy atom. The van der Waals surface area contributed by atoms with Crippen molar-refractivity contribution in [1.29, 1.82) is 0 Å². The minimum atomic E-state index is -1.18. The van der Waals surface area contributed by atoms with Crippen LogP contribution in [-0.4, -0.2) is 17.6 Å². The minimum absolute atomic E-state index is 0.0607. The molecule has 0 unspecified atom stereocenters. The number of halogens is 2. The molecule has 0 aliphatic carbocycles. The molecule has 0 saturated heterocycles. The predicted octanol–water partition coefficient (Wildman–Crippen LogP) is 2.72. The van der Waals surface area contributed by atoms with Crippen LogP contribution < -0.4 is 5.32 Å². The monoisotopic (exact) mass is 285 g/mol. The van der Waals surface area contributed by atoms with Gasteiger partial charge in [-0.05, 0) is 35.0 Å². The summed E-state index contributed by atoms with van der Waals surface area (Å²) in [7, 11) is 0. The molecule has 2 N–H and O–H groups in total. The fraction of sp³-hybridized carbons (Fsp3) is 0.182. The van der Waals surface area contributed by atoms with Crippen molar-refractivity contribution in [2.24, 2.45) is 0 Å². The topological polar surface area (TPSA) is 49.3 Å². The molecule has 16 heavy (non-hydrogen) atoms. The van der Waals surface area contributed by atoms with Crippen molar-refractivity contribution in [3.05, 3.63) is 28.0 Å². The molecule has 0 heterocycles. The van der Waals surface area contributed by atoms with Crippen molar-refractivity contribution in [2.75, 3.05) is 11.9 Å². The molecular weight excluding hydrogens is 277 g/mol. The standard InChI is InChI=1S/C11H9BrFNO2/c1-2-3-6-14-8-5-4-7(11(15)16)9(12)10(8)13/h4-5,14H,6H2,1H3,(H,15,16). The van der Waals surface area contributed by atoms with Gasteiger partial charge in [-0.2, -0.15) is 0 Å². The number of benzene rings is 1. The fourth-order valence-corrected chi connectivity index (χ4v) is 1.59. The number of hydrogen-bond donors (Lipinski definition) is 2. The van der Waals surface area contributed by atoms with Crippen molar-refractivity contribution >= 4 is 27.6 Å². The lowest BCUT2D eigenvalue weighted by Crippen LogP contribution is -2.05. The maximum Gasteiger partial charge on any atom is 0.336 e. The third kappa shape index (κ3) is 2.74. The molecule has 0 aliphatic heterocycles. The number of hydrogen-bond acceptors (Lipinski definition) is 2. The second-order valence-electron chi connectivity index (χ2n) is 2.87. The molecule has 0 aliphatic rings. The molecule has 0 atom stereocenters. The number of carbonyl (C=O) groups is 1. The van der Waals surface area contributed by atoms with Crippen LogP contribution in [0.2, 0.25) is 0 Å². The Hall–Kier alpha value is -1.54. The Bertz CT molecular complexity index is 477. The predicted molar refractivity (Wildman–Crippen MR) is 63.0 cm³/mol. The van der Waals surface area contributed by atoms with E-state index in [1.165, 1.54) is 12.1 Å². The largest absolute Gasteiger partial charge is 0.478 e. The van der Waals surface area contributed by atoms with Crippen LogP contribution in [0.25, 0.3) is 0 Å². The number of carboxylic acids is 1. The third-order valence-corrected chi connectivity index (χ3v) is 2.63. The summed E-state index contributed by atoms with van der Waals surface area (Å²) in [6, 6.07) is 2.71. The van der Waals surface area contributed by atoms with E-state index in [1.807, 2.05) is 0 Å². The van der Waals surface area contributed by atoms with Gasteiger partial charge in [0.05, 0.1) is 22.3 Å². The zero-order valence-electron chi connectivity index (χ0n) is 8.47. The van der Waals surface area contributed by atoms with E-state index in [1.54, 1.807) is 6.92 Å². The van der Waals surface area contributed by atoms with E-state index in [-0.39, 0.29) is 15.7 Å². The molecule has 1 aromatic carbocycles. The molecule has 1 aromatic rings. The summed E-state index contributed by atoms with van der Waals surface area (Å²) in [5.74, 6) is 3.58. The zero-order valence-corrected chi connectivity index (χ0v) is 10.1. The van der Waals surface area contributed by atoms with Crippen LogP contribution in [0, 0.1) is 17.7 Å². The van der Waals surface area contributed by atoms with Crippen LogP contribution in [0.1, 0.15) is 17.3 Å². The summed E-state index contributed by atoms with van der Waals surface area (Å²) in [4.78, 5) is 10.7. The van der Waals surface area contributed by atoms with Gasteiger partial charge < -0.3 is 10.4 Å². The van der Waals surface area contributed by atoms with E-state index < -0.39 is 11.8 Å². The van der Waals surface area contributed by atoms with E-state index in [0.29, 0.717) is 6.54 Å². The van der Waals surface area contributed by atoms with Gasteiger partial charge in [-0.1, -0.05) is 5.92 Å². The van der Waals surface area contributed by atoms with Gasteiger partial charge in [-0.15, -0.1) is 5.92 Å². The summed E-state index contributed by atoms with van der Waals surface area (Å²) in [6.07, 6.45) is 0. The minimum Gasteiger partial charge on any atom is -0.478 e. The summed E-state index contributed by atoms with van der Waals surface area (Å²) >= 11 is 2.91. The highest BCUT2D eigenvalue weighted by Crippen LogP contribution is 2.26. The molecule has 0 radical (unpaired) electrons. The smallest absolute Gasteiger partial charge is 0.336 e. The van der Waals surface area contributed by atoms with E-state index >= 15 is 0 Å².